The average molecular weight is 473 g/mol. The molecule has 5 heterocycles. The third kappa shape index (κ3) is 3.79. The van der Waals surface area contributed by atoms with Gasteiger partial charge in [-0.1, -0.05) is 0 Å². The molecule has 6 rings (SSSR count). The minimum Gasteiger partial charge on any atom is -0.378 e. The maximum Gasteiger partial charge on any atom is 0.228 e. The normalized spacial score (nSPS) is 23.8. The zero-order valence-corrected chi connectivity index (χ0v) is 19.2. The Morgan fingerprint density at radius 1 is 1.00 bits per heavy atom. The number of morpholine rings is 1. The number of fused-ring (bicyclic) bond motifs is 1. The van der Waals surface area contributed by atoms with Crippen LogP contribution in [0.15, 0.2) is 12.4 Å². The molecule has 4 aliphatic rings. The van der Waals surface area contributed by atoms with Crippen molar-refractivity contribution in [1.82, 2.24) is 24.2 Å². The van der Waals surface area contributed by atoms with Gasteiger partial charge in [-0.2, -0.15) is 9.29 Å². The van der Waals surface area contributed by atoms with Gasteiger partial charge >= 0.3 is 0 Å². The van der Waals surface area contributed by atoms with Crippen molar-refractivity contribution in [1.29, 1.82) is 0 Å². The summed E-state index contributed by atoms with van der Waals surface area (Å²) in [4.78, 5) is 22.7. The van der Waals surface area contributed by atoms with E-state index in [1.807, 2.05) is 0 Å². The monoisotopic (exact) mass is 472 g/mol. The van der Waals surface area contributed by atoms with E-state index >= 15 is 0 Å². The van der Waals surface area contributed by atoms with Gasteiger partial charge in [-0.05, 0) is 25.7 Å². The van der Waals surface area contributed by atoms with E-state index < -0.39 is 10.0 Å². The molecule has 1 atom stereocenters. The molecule has 2 aromatic heterocycles. The number of ether oxygens (including phenoxy) is 1. The number of hydrogen-bond donors (Lipinski definition) is 1. The molecular weight excluding hydrogens is 444 g/mol. The Kier molecular flexibility index (Phi) is 5.11. The zero-order valence-electron chi connectivity index (χ0n) is 18.4. The van der Waals surface area contributed by atoms with Gasteiger partial charge in [-0.25, -0.2) is 23.4 Å². The van der Waals surface area contributed by atoms with E-state index in [-0.39, 0.29) is 17.2 Å². The molecule has 3 aliphatic heterocycles. The van der Waals surface area contributed by atoms with Gasteiger partial charge in [0.05, 0.1) is 24.2 Å². The Balaban J connectivity index is 1.35. The summed E-state index contributed by atoms with van der Waals surface area (Å²) in [6, 6.07) is 0.114. The Morgan fingerprint density at radius 2 is 1.76 bits per heavy atom. The lowest BCUT2D eigenvalue weighted by molar-refractivity contribution is 0.122. The lowest BCUT2D eigenvalue weighted by atomic mass is 10.1. The molecule has 11 nitrogen and oxygen atoms in total. The topological polar surface area (TPSA) is 131 Å². The number of anilines is 3. The second-order valence-electron chi connectivity index (χ2n) is 9.09. The summed E-state index contributed by atoms with van der Waals surface area (Å²) in [5, 5.41) is -0.172. The van der Waals surface area contributed by atoms with Gasteiger partial charge in [-0.15, -0.1) is 0 Å². The first kappa shape index (κ1) is 21.0. The summed E-state index contributed by atoms with van der Waals surface area (Å²) in [5.41, 5.74) is 8.40. The second-order valence-corrected chi connectivity index (χ2v) is 11.3. The fourth-order valence-electron chi connectivity index (χ4n) is 5.00. The van der Waals surface area contributed by atoms with Crippen LogP contribution in [0.5, 0.6) is 0 Å². The van der Waals surface area contributed by atoms with Crippen molar-refractivity contribution in [3.63, 3.8) is 0 Å². The lowest BCUT2D eigenvalue weighted by Gasteiger charge is -2.30. The predicted molar refractivity (Wildman–Crippen MR) is 123 cm³/mol. The molecule has 2 aromatic rings. The number of aromatic nitrogens is 4. The van der Waals surface area contributed by atoms with Gasteiger partial charge < -0.3 is 20.3 Å². The highest BCUT2D eigenvalue weighted by Crippen LogP contribution is 2.39. The Hall–Kier alpha value is -2.57. The quantitative estimate of drug-likeness (QED) is 0.647. The largest absolute Gasteiger partial charge is 0.378 e. The number of nitrogens with two attached hydrogens (primary N) is 1. The van der Waals surface area contributed by atoms with E-state index in [1.165, 1.54) is 0 Å². The van der Waals surface area contributed by atoms with Crippen molar-refractivity contribution in [2.75, 3.05) is 61.5 Å². The summed E-state index contributed by atoms with van der Waals surface area (Å²) < 4.78 is 32.7. The molecule has 2 saturated heterocycles. The molecule has 1 aliphatic carbocycles. The van der Waals surface area contributed by atoms with Gasteiger partial charge in [0.25, 0.3) is 0 Å². The SMILES string of the molecule is Nc1ncc(-c2nc(N3CCOCC3)nc3c2CCN3[C@H]2CCN(S(=O)(=O)C3CC3)C2)cn1. The molecule has 2 N–H and O–H groups in total. The molecular formula is C21H28N8O3S. The molecule has 1 saturated carbocycles. The Labute approximate surface area is 193 Å². The minimum atomic E-state index is -3.16. The molecule has 12 heteroatoms. The first-order chi connectivity index (χ1) is 16.0. The van der Waals surface area contributed by atoms with Crippen molar-refractivity contribution < 1.29 is 13.2 Å². The summed E-state index contributed by atoms with van der Waals surface area (Å²) in [7, 11) is -3.16. The minimum absolute atomic E-state index is 0.114. The van der Waals surface area contributed by atoms with Crippen LogP contribution < -0.4 is 15.5 Å². The summed E-state index contributed by atoms with van der Waals surface area (Å²) >= 11 is 0. The number of rotatable bonds is 5. The van der Waals surface area contributed by atoms with E-state index in [4.69, 9.17) is 20.4 Å². The lowest BCUT2D eigenvalue weighted by Crippen LogP contribution is -2.40. The van der Waals surface area contributed by atoms with E-state index in [0.29, 0.717) is 32.3 Å². The highest BCUT2D eigenvalue weighted by molar-refractivity contribution is 7.90. The second kappa shape index (κ2) is 8.03. The van der Waals surface area contributed by atoms with Gasteiger partial charge in [0.2, 0.25) is 21.9 Å². The van der Waals surface area contributed by atoms with Crippen LogP contribution in [-0.2, 0) is 21.2 Å². The van der Waals surface area contributed by atoms with Gasteiger partial charge in [-0.3, -0.25) is 0 Å². The van der Waals surface area contributed by atoms with Crippen LogP contribution >= 0.6 is 0 Å². The Morgan fingerprint density at radius 3 is 2.48 bits per heavy atom. The van der Waals surface area contributed by atoms with E-state index in [9.17, 15) is 8.42 Å². The first-order valence-electron chi connectivity index (χ1n) is 11.6. The Bertz CT molecular complexity index is 1150. The first-order valence-corrected chi connectivity index (χ1v) is 13.1. The highest BCUT2D eigenvalue weighted by atomic mass is 32.2. The number of nitrogen functional groups attached to an aromatic ring is 1. The third-order valence-electron chi connectivity index (χ3n) is 6.96. The van der Waals surface area contributed by atoms with Gasteiger partial charge in [0.15, 0.2) is 0 Å². The van der Waals surface area contributed by atoms with Crippen molar-refractivity contribution in [3.8, 4) is 11.3 Å². The molecule has 0 amide bonds. The highest BCUT2D eigenvalue weighted by Gasteiger charge is 2.44. The average Bonchev–Trinajstić information content (AvgIpc) is 3.44. The van der Waals surface area contributed by atoms with Crippen molar-refractivity contribution in [3.05, 3.63) is 18.0 Å². The van der Waals surface area contributed by atoms with Crippen LogP contribution in [0.4, 0.5) is 17.7 Å². The van der Waals surface area contributed by atoms with Crippen LogP contribution in [0.2, 0.25) is 0 Å². The fraction of sp³-hybridized carbons (Fsp3) is 0.619. The van der Waals surface area contributed by atoms with Crippen LogP contribution in [0.1, 0.15) is 24.8 Å². The predicted octanol–water partition coefficient (Wildman–Crippen LogP) is 0.281. The van der Waals surface area contributed by atoms with E-state index in [2.05, 4.69) is 19.8 Å². The van der Waals surface area contributed by atoms with Crippen LogP contribution in [-0.4, -0.2) is 89.9 Å². The van der Waals surface area contributed by atoms with Gasteiger partial charge in [0, 0.05) is 62.3 Å². The van der Waals surface area contributed by atoms with Crippen LogP contribution in [0, 0.1) is 0 Å². The van der Waals surface area contributed by atoms with Crippen molar-refractivity contribution in [2.45, 2.75) is 37.0 Å². The maximum atomic E-state index is 12.8. The van der Waals surface area contributed by atoms with Crippen LogP contribution in [0.25, 0.3) is 11.3 Å². The standard InChI is InChI=1S/C21H28N8O3S/c22-20-23-11-14(12-24-20)18-17-4-6-29(15-3-5-28(13-15)33(30,31)16-1-2-16)19(17)26-21(25-18)27-7-9-32-10-8-27/h11-12,15-16H,1-10,13H2,(H2,22,23,24)/t15-/m0/s1. The molecule has 0 unspecified atom stereocenters. The van der Waals surface area contributed by atoms with E-state index in [1.54, 1.807) is 16.7 Å². The molecule has 33 heavy (non-hydrogen) atoms. The smallest absolute Gasteiger partial charge is 0.228 e. The third-order valence-corrected chi connectivity index (χ3v) is 9.33. The molecule has 0 aromatic carbocycles. The van der Waals surface area contributed by atoms with Crippen LogP contribution in [0.3, 0.4) is 0 Å². The van der Waals surface area contributed by atoms with Crippen molar-refractivity contribution >= 4 is 27.7 Å². The number of nitrogens with zero attached hydrogens (tertiary/aromatic N) is 7. The number of sulfonamides is 1. The zero-order chi connectivity index (χ0) is 22.6. The molecule has 0 spiro atoms. The summed E-state index contributed by atoms with van der Waals surface area (Å²) in [5.74, 6) is 1.78. The van der Waals surface area contributed by atoms with Gasteiger partial charge in [0.1, 0.15) is 5.82 Å². The maximum absolute atomic E-state index is 12.8. The fourth-order valence-corrected chi connectivity index (χ4v) is 6.89. The van der Waals surface area contributed by atoms with E-state index in [0.717, 1.165) is 68.0 Å². The molecule has 0 bridgehead atoms. The molecule has 3 fully saturated rings. The molecule has 0 radical (unpaired) electrons. The molecule has 176 valence electrons. The van der Waals surface area contributed by atoms with Crippen molar-refractivity contribution in [2.24, 2.45) is 0 Å². The number of hydrogen-bond acceptors (Lipinski definition) is 10. The summed E-state index contributed by atoms with van der Waals surface area (Å²) in [6.45, 7) is 4.63. The summed E-state index contributed by atoms with van der Waals surface area (Å²) in [6.07, 6.45) is 6.59.